The summed E-state index contributed by atoms with van der Waals surface area (Å²) in [6.07, 6.45) is 1.05. The highest BCUT2D eigenvalue weighted by molar-refractivity contribution is 6.30. The molecular formula is C23H28ClN3O5. The van der Waals surface area contributed by atoms with Crippen molar-refractivity contribution in [1.82, 2.24) is 9.80 Å². The van der Waals surface area contributed by atoms with Crippen molar-refractivity contribution >= 4 is 35.3 Å². The molecule has 2 aliphatic heterocycles. The van der Waals surface area contributed by atoms with Crippen molar-refractivity contribution in [2.45, 2.75) is 39.0 Å². The predicted octanol–water partition coefficient (Wildman–Crippen LogP) is 2.22. The van der Waals surface area contributed by atoms with Crippen LogP contribution < -0.4 is 5.73 Å². The number of hydrogen-bond donors (Lipinski definition) is 1. The number of hydrogen-bond acceptors (Lipinski definition) is 5. The van der Waals surface area contributed by atoms with Crippen LogP contribution in [-0.4, -0.2) is 59.7 Å². The maximum absolute atomic E-state index is 13.0. The molecule has 3 rings (SSSR count). The molecule has 1 atom stereocenters. The molecule has 2 N–H and O–H groups in total. The van der Waals surface area contributed by atoms with Gasteiger partial charge in [0, 0.05) is 42.1 Å². The molecule has 3 amide bonds. The number of ether oxygens (including phenoxy) is 1. The summed E-state index contributed by atoms with van der Waals surface area (Å²) in [5, 5.41) is 0.507. The highest BCUT2D eigenvalue weighted by Gasteiger charge is 2.38. The average molecular weight is 462 g/mol. The first-order chi connectivity index (χ1) is 15.2. The Kier molecular flexibility index (Phi) is 7.56. The van der Waals surface area contributed by atoms with Gasteiger partial charge < -0.3 is 20.3 Å². The van der Waals surface area contributed by atoms with Gasteiger partial charge in [-0.3, -0.25) is 14.4 Å². The summed E-state index contributed by atoms with van der Waals surface area (Å²) in [4.78, 5) is 53.1. The Morgan fingerprint density at radius 1 is 1.22 bits per heavy atom. The van der Waals surface area contributed by atoms with E-state index in [9.17, 15) is 19.2 Å². The Balaban J connectivity index is 1.85. The van der Waals surface area contributed by atoms with E-state index in [1.165, 1.54) is 4.90 Å². The number of likely N-dealkylation sites (tertiary alicyclic amines) is 1. The maximum atomic E-state index is 13.0. The van der Waals surface area contributed by atoms with Gasteiger partial charge >= 0.3 is 5.97 Å². The summed E-state index contributed by atoms with van der Waals surface area (Å²) in [6, 6.07) is 7.05. The van der Waals surface area contributed by atoms with Gasteiger partial charge in [-0.15, -0.1) is 0 Å². The van der Waals surface area contributed by atoms with Crippen molar-refractivity contribution in [3.8, 4) is 0 Å². The molecule has 0 radical (unpaired) electrons. The van der Waals surface area contributed by atoms with Crippen LogP contribution in [-0.2, 0) is 23.9 Å². The van der Waals surface area contributed by atoms with Crippen LogP contribution in [0.2, 0.25) is 5.02 Å². The van der Waals surface area contributed by atoms with Crippen molar-refractivity contribution in [2.24, 2.45) is 11.7 Å². The summed E-state index contributed by atoms with van der Waals surface area (Å²) in [5.74, 6) is -2.08. The second kappa shape index (κ2) is 10.2. The van der Waals surface area contributed by atoms with Crippen LogP contribution in [0.25, 0.3) is 0 Å². The van der Waals surface area contributed by atoms with Gasteiger partial charge in [0.15, 0.2) is 0 Å². The lowest BCUT2D eigenvalue weighted by Gasteiger charge is -2.36. The lowest BCUT2D eigenvalue weighted by Crippen LogP contribution is -2.48. The van der Waals surface area contributed by atoms with Gasteiger partial charge in [0.2, 0.25) is 17.7 Å². The summed E-state index contributed by atoms with van der Waals surface area (Å²) < 4.78 is 5.27. The van der Waals surface area contributed by atoms with E-state index in [-0.39, 0.29) is 43.2 Å². The van der Waals surface area contributed by atoms with Crippen molar-refractivity contribution in [1.29, 1.82) is 0 Å². The van der Waals surface area contributed by atoms with Gasteiger partial charge in [-0.05, 0) is 44.4 Å². The Morgan fingerprint density at radius 3 is 2.50 bits per heavy atom. The topological polar surface area (TPSA) is 110 Å². The fraction of sp³-hybridized carbons (Fsp3) is 0.478. The van der Waals surface area contributed by atoms with Gasteiger partial charge in [-0.2, -0.15) is 0 Å². The number of amides is 3. The van der Waals surface area contributed by atoms with E-state index >= 15 is 0 Å². The molecule has 172 valence electrons. The Morgan fingerprint density at radius 2 is 1.91 bits per heavy atom. The number of benzene rings is 1. The van der Waals surface area contributed by atoms with E-state index in [1.807, 2.05) is 6.07 Å². The number of carbonyl (C=O) groups excluding carboxylic acids is 4. The molecule has 1 unspecified atom stereocenters. The van der Waals surface area contributed by atoms with Crippen LogP contribution >= 0.6 is 11.6 Å². The first-order valence-corrected chi connectivity index (χ1v) is 11.1. The molecule has 1 saturated heterocycles. The number of piperidine rings is 1. The third-order valence-corrected chi connectivity index (χ3v) is 6.35. The molecule has 0 saturated carbocycles. The van der Waals surface area contributed by atoms with E-state index in [1.54, 1.807) is 36.9 Å². The van der Waals surface area contributed by atoms with Crippen LogP contribution in [0.5, 0.6) is 0 Å². The molecule has 2 heterocycles. The van der Waals surface area contributed by atoms with Gasteiger partial charge in [0.25, 0.3) is 0 Å². The monoisotopic (exact) mass is 461 g/mol. The number of halogens is 1. The smallest absolute Gasteiger partial charge is 0.336 e. The molecule has 1 fully saturated rings. The second-order valence-electron chi connectivity index (χ2n) is 8.07. The Labute approximate surface area is 192 Å². The zero-order valence-electron chi connectivity index (χ0n) is 18.3. The predicted molar refractivity (Wildman–Crippen MR) is 118 cm³/mol. The minimum Gasteiger partial charge on any atom is -0.463 e. The lowest BCUT2D eigenvalue weighted by molar-refractivity contribution is -0.143. The summed E-state index contributed by atoms with van der Waals surface area (Å²) in [6.45, 7) is 4.22. The van der Waals surface area contributed by atoms with Crippen LogP contribution in [0.1, 0.15) is 44.6 Å². The van der Waals surface area contributed by atoms with Crippen LogP contribution in [0.4, 0.5) is 0 Å². The van der Waals surface area contributed by atoms with E-state index in [4.69, 9.17) is 22.1 Å². The highest BCUT2D eigenvalue weighted by atomic mass is 35.5. The first kappa shape index (κ1) is 23.8. The largest absolute Gasteiger partial charge is 0.463 e. The van der Waals surface area contributed by atoms with E-state index in [0.717, 1.165) is 5.56 Å². The standard InChI is InChI=1S/C23H28ClN3O5/c1-3-32-23(31)21-14(2)27(13-20(29)26-9-7-15(8-10-26)22(25)30)19(28)12-18(21)16-5-4-6-17(24)11-16/h4-6,11,15,18H,3,7-10,12-13H2,1-2H3,(H2,25,30). The van der Waals surface area contributed by atoms with Gasteiger partial charge in [0.05, 0.1) is 12.2 Å². The number of carbonyl (C=O) groups is 4. The van der Waals surface area contributed by atoms with Crippen LogP contribution in [0.3, 0.4) is 0 Å². The molecule has 0 spiro atoms. The summed E-state index contributed by atoms with van der Waals surface area (Å²) >= 11 is 6.13. The minimum absolute atomic E-state index is 0.0306. The van der Waals surface area contributed by atoms with E-state index in [0.29, 0.717) is 42.2 Å². The summed E-state index contributed by atoms with van der Waals surface area (Å²) in [7, 11) is 0. The zero-order chi connectivity index (χ0) is 23.4. The third-order valence-electron chi connectivity index (χ3n) is 6.11. The molecular weight excluding hydrogens is 434 g/mol. The number of nitrogens with zero attached hydrogens (tertiary/aromatic N) is 2. The molecule has 1 aromatic carbocycles. The fourth-order valence-corrected chi connectivity index (χ4v) is 4.53. The zero-order valence-corrected chi connectivity index (χ0v) is 19.1. The van der Waals surface area contributed by atoms with E-state index in [2.05, 4.69) is 0 Å². The van der Waals surface area contributed by atoms with Crippen LogP contribution in [0, 0.1) is 5.92 Å². The lowest BCUT2D eigenvalue weighted by atomic mass is 9.83. The molecule has 9 heteroatoms. The first-order valence-electron chi connectivity index (χ1n) is 10.7. The van der Waals surface area contributed by atoms with Gasteiger partial charge in [0.1, 0.15) is 6.54 Å². The van der Waals surface area contributed by atoms with Crippen molar-refractivity contribution < 1.29 is 23.9 Å². The Bertz CT molecular complexity index is 953. The number of esters is 1. The SMILES string of the molecule is CCOC(=O)C1=C(C)N(CC(=O)N2CCC(C(N)=O)CC2)C(=O)CC1c1cccc(Cl)c1. The molecule has 32 heavy (non-hydrogen) atoms. The highest BCUT2D eigenvalue weighted by Crippen LogP contribution is 2.37. The number of allylic oxidation sites excluding steroid dienone is 1. The Hall–Kier alpha value is -2.87. The fourth-order valence-electron chi connectivity index (χ4n) is 4.33. The molecule has 0 aromatic heterocycles. The van der Waals surface area contributed by atoms with Gasteiger partial charge in [-0.1, -0.05) is 23.7 Å². The normalized spacial score (nSPS) is 19.8. The molecule has 8 nitrogen and oxygen atoms in total. The molecule has 0 bridgehead atoms. The quantitative estimate of drug-likeness (QED) is 0.653. The van der Waals surface area contributed by atoms with Crippen LogP contribution in [0.15, 0.2) is 35.5 Å². The second-order valence-corrected chi connectivity index (χ2v) is 8.51. The van der Waals surface area contributed by atoms with Crippen molar-refractivity contribution in [3.05, 3.63) is 46.1 Å². The summed E-state index contributed by atoms with van der Waals surface area (Å²) in [5.41, 5.74) is 6.87. The van der Waals surface area contributed by atoms with E-state index < -0.39 is 11.9 Å². The van der Waals surface area contributed by atoms with Gasteiger partial charge in [-0.25, -0.2) is 4.79 Å². The minimum atomic E-state index is -0.512. The molecule has 2 aliphatic rings. The number of primary amides is 1. The van der Waals surface area contributed by atoms with Crippen molar-refractivity contribution in [3.63, 3.8) is 0 Å². The number of nitrogens with two attached hydrogens (primary N) is 1. The maximum Gasteiger partial charge on any atom is 0.336 e. The number of rotatable bonds is 6. The third kappa shape index (κ3) is 5.12. The van der Waals surface area contributed by atoms with Crippen molar-refractivity contribution in [2.75, 3.05) is 26.2 Å². The molecule has 1 aromatic rings. The average Bonchev–Trinajstić information content (AvgIpc) is 2.76. The molecule has 0 aliphatic carbocycles.